The summed E-state index contributed by atoms with van der Waals surface area (Å²) >= 11 is 0. The van der Waals surface area contributed by atoms with E-state index >= 15 is 0 Å². The molecule has 11 nitrogen and oxygen atoms in total. The molecule has 6 N–H and O–H groups in total. The number of halogens is 1. The van der Waals surface area contributed by atoms with E-state index in [4.69, 9.17) is 15.2 Å². The monoisotopic (exact) mass is 552 g/mol. The average Bonchev–Trinajstić information content (AvgIpc) is 3.47. The smallest absolute Gasteiger partial charge is 0.251 e. The number of anilines is 4. The second kappa shape index (κ2) is 15.7. The van der Waals surface area contributed by atoms with Crippen LogP contribution in [0, 0.1) is 5.82 Å². The Morgan fingerprint density at radius 1 is 0.875 bits per heavy atom. The first-order chi connectivity index (χ1) is 19.6. The maximum Gasteiger partial charge on any atom is 0.251 e. The number of amides is 1. The Hall–Kier alpha value is -3.87. The van der Waals surface area contributed by atoms with Crippen LogP contribution in [0.25, 0.3) is 0 Å². The molecule has 1 amide bonds. The van der Waals surface area contributed by atoms with Gasteiger partial charge in [-0.1, -0.05) is 25.0 Å². The van der Waals surface area contributed by atoms with Crippen LogP contribution < -0.4 is 27.0 Å². The molecule has 0 aliphatic heterocycles. The topological polar surface area (TPSA) is 148 Å². The van der Waals surface area contributed by atoms with Gasteiger partial charge in [0, 0.05) is 36.9 Å². The van der Waals surface area contributed by atoms with Gasteiger partial charge in [0.05, 0.1) is 26.4 Å². The maximum atomic E-state index is 13.2. The normalized spacial score (nSPS) is 13.2. The van der Waals surface area contributed by atoms with Crippen molar-refractivity contribution in [3.05, 3.63) is 65.5 Å². The second-order valence-corrected chi connectivity index (χ2v) is 9.38. The van der Waals surface area contributed by atoms with Crippen LogP contribution in [-0.2, 0) is 16.0 Å². The molecule has 0 radical (unpaired) electrons. The van der Waals surface area contributed by atoms with E-state index in [1.165, 1.54) is 25.0 Å². The Kier molecular flexibility index (Phi) is 11.4. The number of rotatable bonds is 16. The lowest BCUT2D eigenvalue weighted by Gasteiger charge is -2.15. The highest BCUT2D eigenvalue weighted by atomic mass is 19.1. The van der Waals surface area contributed by atoms with E-state index in [9.17, 15) is 9.18 Å². The fourth-order valence-electron chi connectivity index (χ4n) is 4.19. The Labute approximate surface area is 233 Å². The maximum absolute atomic E-state index is 13.2. The van der Waals surface area contributed by atoms with Crippen LogP contribution >= 0.6 is 0 Å². The summed E-state index contributed by atoms with van der Waals surface area (Å²) in [5.41, 5.74) is 7.51. The molecule has 12 heteroatoms. The van der Waals surface area contributed by atoms with Crippen LogP contribution in [0.4, 0.5) is 27.9 Å². The molecule has 1 aromatic heterocycles. The van der Waals surface area contributed by atoms with Gasteiger partial charge in [-0.3, -0.25) is 4.79 Å². The molecule has 0 saturated heterocycles. The van der Waals surface area contributed by atoms with Crippen molar-refractivity contribution in [2.24, 2.45) is 5.73 Å². The molecule has 4 rings (SSSR count). The van der Waals surface area contributed by atoms with E-state index in [-0.39, 0.29) is 11.7 Å². The largest absolute Gasteiger partial charge is 0.378 e. The van der Waals surface area contributed by atoms with Crippen molar-refractivity contribution in [1.82, 2.24) is 20.3 Å². The molecule has 1 heterocycles. The van der Waals surface area contributed by atoms with E-state index in [0.29, 0.717) is 75.5 Å². The Morgan fingerprint density at radius 3 is 2.27 bits per heavy atom. The van der Waals surface area contributed by atoms with E-state index in [1.807, 2.05) is 0 Å². The van der Waals surface area contributed by atoms with Gasteiger partial charge in [-0.05, 0) is 54.8 Å². The number of nitrogens with one attached hydrogen (secondary N) is 4. The van der Waals surface area contributed by atoms with Crippen LogP contribution in [0.3, 0.4) is 0 Å². The third-order valence-corrected chi connectivity index (χ3v) is 6.26. The first-order valence-corrected chi connectivity index (χ1v) is 13.6. The fourth-order valence-corrected chi connectivity index (χ4v) is 4.19. The summed E-state index contributed by atoms with van der Waals surface area (Å²) in [6.07, 6.45) is 4.51. The molecule has 1 aliphatic rings. The van der Waals surface area contributed by atoms with E-state index < -0.39 is 0 Å². The van der Waals surface area contributed by atoms with Crippen molar-refractivity contribution >= 4 is 29.4 Å². The van der Waals surface area contributed by atoms with E-state index in [0.717, 1.165) is 24.1 Å². The zero-order chi connectivity index (χ0) is 28.0. The fraction of sp³-hybridized carbons (Fsp3) is 0.429. The van der Waals surface area contributed by atoms with Crippen LogP contribution in [-0.4, -0.2) is 66.4 Å². The van der Waals surface area contributed by atoms with Crippen molar-refractivity contribution in [3.63, 3.8) is 0 Å². The van der Waals surface area contributed by atoms with Crippen LogP contribution in [0.15, 0.2) is 48.5 Å². The highest BCUT2D eigenvalue weighted by Crippen LogP contribution is 2.23. The second-order valence-electron chi connectivity index (χ2n) is 9.38. The minimum absolute atomic E-state index is 0.190. The summed E-state index contributed by atoms with van der Waals surface area (Å²) < 4.78 is 23.9. The number of hydrogen-bond acceptors (Lipinski definition) is 10. The molecular weight excluding hydrogens is 515 g/mol. The Balaban J connectivity index is 1.32. The molecule has 1 fully saturated rings. The number of carbonyl (C=O) groups excluding carboxylic acids is 1. The van der Waals surface area contributed by atoms with E-state index in [1.54, 1.807) is 36.4 Å². The van der Waals surface area contributed by atoms with Crippen molar-refractivity contribution in [2.75, 3.05) is 55.5 Å². The number of nitrogens with zero attached hydrogens (tertiary/aromatic N) is 3. The number of carbonyl (C=O) groups is 1. The quantitative estimate of drug-likeness (QED) is 0.167. The van der Waals surface area contributed by atoms with Gasteiger partial charge in [0.15, 0.2) is 0 Å². The first kappa shape index (κ1) is 29.1. The van der Waals surface area contributed by atoms with Gasteiger partial charge < -0.3 is 36.5 Å². The van der Waals surface area contributed by atoms with Crippen LogP contribution in [0.1, 0.15) is 41.6 Å². The first-order valence-electron chi connectivity index (χ1n) is 13.6. The lowest BCUT2D eigenvalue weighted by atomic mass is 10.2. The van der Waals surface area contributed by atoms with Gasteiger partial charge >= 0.3 is 0 Å². The summed E-state index contributed by atoms with van der Waals surface area (Å²) in [4.78, 5) is 26.1. The van der Waals surface area contributed by atoms with Crippen molar-refractivity contribution < 1.29 is 18.7 Å². The van der Waals surface area contributed by atoms with Gasteiger partial charge in [0.25, 0.3) is 5.91 Å². The molecular formula is C28H37FN8O3. The lowest BCUT2D eigenvalue weighted by molar-refractivity contribution is 0.0511. The van der Waals surface area contributed by atoms with Crippen molar-refractivity contribution in [3.8, 4) is 0 Å². The number of ether oxygens (including phenoxy) is 2. The third kappa shape index (κ3) is 9.70. The third-order valence-electron chi connectivity index (χ3n) is 6.26. The molecule has 1 saturated carbocycles. The highest BCUT2D eigenvalue weighted by Gasteiger charge is 2.17. The summed E-state index contributed by atoms with van der Waals surface area (Å²) in [6.45, 7) is 3.14. The molecule has 0 atom stereocenters. The number of nitrogens with two attached hydrogens (primary N) is 1. The zero-order valence-corrected chi connectivity index (χ0v) is 22.5. The number of benzene rings is 2. The SMILES string of the molecule is NCCOCCOCCNC(=O)c1ccc(Nc2nc(NCc3ccc(F)cc3)nc(NC3CCCC3)n2)cc1. The van der Waals surface area contributed by atoms with Gasteiger partial charge in [-0.2, -0.15) is 15.0 Å². The molecule has 214 valence electrons. The number of aromatic nitrogens is 3. The average molecular weight is 553 g/mol. The van der Waals surface area contributed by atoms with Gasteiger partial charge in [-0.25, -0.2) is 4.39 Å². The van der Waals surface area contributed by atoms with Crippen LogP contribution in [0.5, 0.6) is 0 Å². The van der Waals surface area contributed by atoms with E-state index in [2.05, 4.69) is 36.2 Å². The highest BCUT2D eigenvalue weighted by molar-refractivity contribution is 5.94. The molecule has 1 aliphatic carbocycles. The van der Waals surface area contributed by atoms with Crippen molar-refractivity contribution in [2.45, 2.75) is 38.3 Å². The summed E-state index contributed by atoms with van der Waals surface area (Å²) in [5, 5.41) is 12.6. The molecule has 2 aromatic carbocycles. The predicted molar refractivity (Wildman–Crippen MR) is 152 cm³/mol. The molecule has 3 aromatic rings. The van der Waals surface area contributed by atoms with Gasteiger partial charge in [-0.15, -0.1) is 0 Å². The Morgan fingerprint density at radius 2 is 1.55 bits per heavy atom. The lowest BCUT2D eigenvalue weighted by Crippen LogP contribution is -2.27. The molecule has 40 heavy (non-hydrogen) atoms. The van der Waals surface area contributed by atoms with Crippen LogP contribution in [0.2, 0.25) is 0 Å². The molecule has 0 unspecified atom stereocenters. The van der Waals surface area contributed by atoms with Gasteiger partial charge in [0.1, 0.15) is 5.82 Å². The number of hydrogen-bond donors (Lipinski definition) is 5. The van der Waals surface area contributed by atoms with Gasteiger partial charge in [0.2, 0.25) is 17.8 Å². The standard InChI is InChI=1S/C28H37FN8O3/c29-22-9-5-20(6-10-22)19-32-26-35-27(33-23-3-1-2-4-23)37-28(36-26)34-24-11-7-21(8-12-24)25(38)31-14-16-40-18-17-39-15-13-30/h5-12,23H,1-4,13-19,30H2,(H,31,38)(H3,32,33,34,35,36,37). The zero-order valence-electron chi connectivity index (χ0n) is 22.5. The summed E-state index contributed by atoms with van der Waals surface area (Å²) in [6, 6.07) is 13.6. The Bertz CT molecular complexity index is 1190. The predicted octanol–water partition coefficient (Wildman–Crippen LogP) is 3.44. The minimum atomic E-state index is -0.281. The molecule has 0 bridgehead atoms. The van der Waals surface area contributed by atoms with Crippen molar-refractivity contribution in [1.29, 1.82) is 0 Å². The summed E-state index contributed by atoms with van der Waals surface area (Å²) in [5.74, 6) is 0.768. The molecule has 0 spiro atoms. The minimum Gasteiger partial charge on any atom is -0.378 e. The summed E-state index contributed by atoms with van der Waals surface area (Å²) in [7, 11) is 0.